The third-order valence-corrected chi connectivity index (χ3v) is 3.29. The number of pyridine rings is 1. The molecule has 0 aromatic carbocycles. The Morgan fingerprint density at radius 1 is 1.56 bits per heavy atom. The molecule has 2 aromatic rings. The minimum atomic E-state index is -0.358. The van der Waals surface area contributed by atoms with Crippen LogP contribution < -0.4 is 5.76 Å². The van der Waals surface area contributed by atoms with Crippen molar-refractivity contribution in [1.82, 2.24) is 9.55 Å². The Hall–Kier alpha value is -1.23. The third-order valence-electron chi connectivity index (χ3n) is 2.44. The van der Waals surface area contributed by atoms with E-state index in [1.165, 1.54) is 0 Å². The second-order valence-electron chi connectivity index (χ2n) is 4.60. The predicted molar refractivity (Wildman–Crippen MR) is 65.9 cm³/mol. The maximum absolute atomic E-state index is 11.7. The highest BCUT2D eigenvalue weighted by Gasteiger charge is 2.20. The Morgan fingerprint density at radius 3 is 3.00 bits per heavy atom. The van der Waals surface area contributed by atoms with E-state index in [1.807, 2.05) is 13.8 Å². The molecule has 0 aliphatic carbocycles. The summed E-state index contributed by atoms with van der Waals surface area (Å²) in [6, 6.07) is 3.49. The number of rotatable bonds is 3. The maximum atomic E-state index is 11.7. The Balaban J connectivity index is 2.52. The van der Waals surface area contributed by atoms with Crippen molar-refractivity contribution in [3.63, 3.8) is 0 Å². The molecule has 2 heterocycles. The molecule has 0 bridgehead atoms. The average Bonchev–Trinajstić information content (AvgIpc) is 2.56. The van der Waals surface area contributed by atoms with Gasteiger partial charge in [0.25, 0.3) is 0 Å². The summed E-state index contributed by atoms with van der Waals surface area (Å²) in [5.41, 5.74) is 1.06. The molecule has 0 aliphatic heterocycles. The van der Waals surface area contributed by atoms with Crippen LogP contribution in [0.4, 0.5) is 0 Å². The van der Waals surface area contributed by atoms with E-state index in [0.717, 1.165) is 0 Å². The molecular formula is C11H14N2O2S. The van der Waals surface area contributed by atoms with Gasteiger partial charge in [0, 0.05) is 12.7 Å². The zero-order valence-corrected chi connectivity index (χ0v) is 10.2. The second kappa shape index (κ2) is 3.97. The van der Waals surface area contributed by atoms with Gasteiger partial charge >= 0.3 is 5.76 Å². The van der Waals surface area contributed by atoms with Gasteiger partial charge in [-0.15, -0.1) is 0 Å². The van der Waals surface area contributed by atoms with Crippen molar-refractivity contribution in [1.29, 1.82) is 0 Å². The van der Waals surface area contributed by atoms with E-state index in [-0.39, 0.29) is 11.2 Å². The molecule has 0 saturated carbocycles. The molecule has 0 atom stereocenters. The lowest BCUT2D eigenvalue weighted by molar-refractivity contribution is 0.338. The van der Waals surface area contributed by atoms with Gasteiger partial charge in [0.2, 0.25) is 0 Å². The van der Waals surface area contributed by atoms with Crippen LogP contribution in [0.3, 0.4) is 0 Å². The summed E-state index contributed by atoms with van der Waals surface area (Å²) in [6.45, 7) is 4.65. The SMILES string of the molecule is CC(C)(CS)Cn1c(=O)oc2cccnc21. The van der Waals surface area contributed by atoms with Crippen molar-refractivity contribution in [2.24, 2.45) is 5.41 Å². The standard InChI is InChI=1S/C11H14N2O2S/c1-11(2,7-16)6-13-9-8(15-10(13)14)4-3-5-12-9/h3-5,16H,6-7H2,1-2H3. The summed E-state index contributed by atoms with van der Waals surface area (Å²) >= 11 is 4.27. The summed E-state index contributed by atoms with van der Waals surface area (Å²) in [4.78, 5) is 15.8. The van der Waals surface area contributed by atoms with Crippen LogP contribution in [0.15, 0.2) is 27.5 Å². The second-order valence-corrected chi connectivity index (χ2v) is 4.92. The molecule has 0 amide bonds. The first-order chi connectivity index (χ1) is 7.53. The molecule has 0 saturated heterocycles. The zero-order chi connectivity index (χ0) is 11.8. The quantitative estimate of drug-likeness (QED) is 0.831. The Bertz CT molecular complexity index is 556. The normalized spacial score (nSPS) is 12.2. The highest BCUT2D eigenvalue weighted by atomic mass is 32.1. The van der Waals surface area contributed by atoms with Gasteiger partial charge in [-0.1, -0.05) is 13.8 Å². The van der Waals surface area contributed by atoms with E-state index >= 15 is 0 Å². The summed E-state index contributed by atoms with van der Waals surface area (Å²) < 4.78 is 6.67. The molecule has 4 nitrogen and oxygen atoms in total. The zero-order valence-electron chi connectivity index (χ0n) is 9.30. The Morgan fingerprint density at radius 2 is 2.31 bits per heavy atom. The molecule has 0 spiro atoms. The van der Waals surface area contributed by atoms with Crippen molar-refractivity contribution in [2.45, 2.75) is 20.4 Å². The molecule has 0 unspecified atom stereocenters. The number of fused-ring (bicyclic) bond motifs is 1. The average molecular weight is 238 g/mol. The topological polar surface area (TPSA) is 48.0 Å². The first-order valence-electron chi connectivity index (χ1n) is 5.09. The molecule has 86 valence electrons. The summed E-state index contributed by atoms with van der Waals surface area (Å²) in [6.07, 6.45) is 1.65. The van der Waals surface area contributed by atoms with Gasteiger partial charge in [-0.05, 0) is 23.3 Å². The lowest BCUT2D eigenvalue weighted by Crippen LogP contribution is -2.27. The van der Waals surface area contributed by atoms with Crippen LogP contribution in [-0.2, 0) is 6.54 Å². The molecule has 0 aliphatic rings. The molecule has 5 heteroatoms. The van der Waals surface area contributed by atoms with Crippen LogP contribution in [0, 0.1) is 5.41 Å². The van der Waals surface area contributed by atoms with E-state index in [2.05, 4.69) is 17.6 Å². The monoisotopic (exact) mass is 238 g/mol. The van der Waals surface area contributed by atoms with Crippen molar-refractivity contribution in [2.75, 3.05) is 5.75 Å². The van der Waals surface area contributed by atoms with Crippen LogP contribution >= 0.6 is 12.6 Å². The molecule has 0 radical (unpaired) electrons. The van der Waals surface area contributed by atoms with E-state index in [9.17, 15) is 4.79 Å². The predicted octanol–water partition coefficient (Wildman–Crippen LogP) is 1.95. The number of hydrogen-bond acceptors (Lipinski definition) is 4. The highest BCUT2D eigenvalue weighted by molar-refractivity contribution is 7.80. The fourth-order valence-electron chi connectivity index (χ4n) is 1.52. The van der Waals surface area contributed by atoms with Gasteiger partial charge < -0.3 is 4.42 Å². The number of hydrogen-bond donors (Lipinski definition) is 1. The van der Waals surface area contributed by atoms with Gasteiger partial charge in [-0.2, -0.15) is 12.6 Å². The van der Waals surface area contributed by atoms with Gasteiger partial charge in [0.05, 0.1) is 0 Å². The van der Waals surface area contributed by atoms with E-state index in [0.29, 0.717) is 23.5 Å². The minimum absolute atomic E-state index is 0.0682. The summed E-state index contributed by atoms with van der Waals surface area (Å²) in [5, 5.41) is 0. The first-order valence-corrected chi connectivity index (χ1v) is 5.72. The van der Waals surface area contributed by atoms with Gasteiger partial charge in [-0.3, -0.25) is 4.57 Å². The van der Waals surface area contributed by atoms with Gasteiger partial charge in [0.1, 0.15) is 0 Å². The molecule has 2 rings (SSSR count). The third kappa shape index (κ3) is 2.00. The summed E-state index contributed by atoms with van der Waals surface area (Å²) in [5.74, 6) is 0.336. The molecule has 0 N–H and O–H groups in total. The Kier molecular flexibility index (Phi) is 2.80. The minimum Gasteiger partial charge on any atom is -0.406 e. The van der Waals surface area contributed by atoms with Crippen LogP contribution in [0.2, 0.25) is 0 Å². The van der Waals surface area contributed by atoms with E-state index in [1.54, 1.807) is 22.9 Å². The van der Waals surface area contributed by atoms with Crippen molar-refractivity contribution in [3.05, 3.63) is 28.9 Å². The van der Waals surface area contributed by atoms with E-state index < -0.39 is 0 Å². The van der Waals surface area contributed by atoms with Crippen LogP contribution in [0.5, 0.6) is 0 Å². The largest absolute Gasteiger partial charge is 0.421 e. The molecule has 2 aromatic heterocycles. The van der Waals surface area contributed by atoms with Crippen LogP contribution in [0.25, 0.3) is 11.2 Å². The van der Waals surface area contributed by atoms with Crippen molar-refractivity contribution in [3.8, 4) is 0 Å². The molecule has 0 fully saturated rings. The highest BCUT2D eigenvalue weighted by Crippen LogP contribution is 2.21. The van der Waals surface area contributed by atoms with E-state index in [4.69, 9.17) is 4.42 Å². The lowest BCUT2D eigenvalue weighted by atomic mass is 9.96. The van der Waals surface area contributed by atoms with Crippen LogP contribution in [-0.4, -0.2) is 15.3 Å². The molecule has 16 heavy (non-hydrogen) atoms. The van der Waals surface area contributed by atoms with Crippen molar-refractivity contribution >= 4 is 23.9 Å². The fourth-order valence-corrected chi connectivity index (χ4v) is 1.62. The molecular weight excluding hydrogens is 224 g/mol. The fraction of sp³-hybridized carbons (Fsp3) is 0.455. The van der Waals surface area contributed by atoms with Gasteiger partial charge in [0.15, 0.2) is 11.2 Å². The maximum Gasteiger partial charge on any atom is 0.421 e. The number of aromatic nitrogens is 2. The number of oxazole rings is 1. The lowest BCUT2D eigenvalue weighted by Gasteiger charge is -2.21. The first kappa shape index (κ1) is 11.3. The number of nitrogens with zero attached hydrogens (tertiary/aromatic N) is 2. The summed E-state index contributed by atoms with van der Waals surface area (Å²) in [7, 11) is 0. The van der Waals surface area contributed by atoms with Crippen LogP contribution in [0.1, 0.15) is 13.8 Å². The Labute approximate surface area is 98.7 Å². The number of thiol groups is 1. The van der Waals surface area contributed by atoms with Crippen molar-refractivity contribution < 1.29 is 4.42 Å². The van der Waals surface area contributed by atoms with Gasteiger partial charge in [-0.25, -0.2) is 9.78 Å². The smallest absolute Gasteiger partial charge is 0.406 e.